The molecule has 2 fully saturated rings. The van der Waals surface area contributed by atoms with Crippen molar-refractivity contribution in [3.05, 3.63) is 29.3 Å². The monoisotopic (exact) mass is 317 g/mol. The van der Waals surface area contributed by atoms with E-state index in [0.717, 1.165) is 51.1 Å². The van der Waals surface area contributed by atoms with Crippen molar-refractivity contribution in [2.24, 2.45) is 0 Å². The second-order valence-electron chi connectivity index (χ2n) is 7.15. The van der Waals surface area contributed by atoms with Crippen molar-refractivity contribution < 1.29 is 9.90 Å². The van der Waals surface area contributed by atoms with Crippen molar-refractivity contribution in [2.45, 2.75) is 25.3 Å². The first-order chi connectivity index (χ1) is 10.9. The second kappa shape index (κ2) is 6.13. The van der Waals surface area contributed by atoms with Crippen molar-refractivity contribution in [3.63, 3.8) is 0 Å². The first-order valence-corrected chi connectivity index (χ1v) is 8.41. The van der Waals surface area contributed by atoms with Crippen LogP contribution in [-0.2, 0) is 0 Å². The number of phenolic OH excluding ortho intramolecular Hbond substituents is 1. The number of likely N-dealkylation sites (tertiary alicyclic amines) is 1. The van der Waals surface area contributed by atoms with Crippen molar-refractivity contribution in [2.75, 3.05) is 46.8 Å². The molecule has 23 heavy (non-hydrogen) atoms. The predicted molar refractivity (Wildman–Crippen MR) is 90.8 cm³/mol. The minimum atomic E-state index is -0.0483. The molecule has 0 atom stereocenters. The quantitative estimate of drug-likeness (QED) is 0.854. The van der Waals surface area contributed by atoms with E-state index in [2.05, 4.69) is 23.9 Å². The van der Waals surface area contributed by atoms with Crippen molar-refractivity contribution in [3.8, 4) is 5.75 Å². The van der Waals surface area contributed by atoms with Gasteiger partial charge in [-0.25, -0.2) is 0 Å². The van der Waals surface area contributed by atoms with Crippen molar-refractivity contribution >= 4 is 5.91 Å². The maximum absolute atomic E-state index is 12.7. The van der Waals surface area contributed by atoms with Gasteiger partial charge in [-0.3, -0.25) is 9.69 Å². The number of rotatable bonds is 1. The number of benzene rings is 1. The number of hydrogen-bond acceptors (Lipinski definition) is 4. The van der Waals surface area contributed by atoms with Gasteiger partial charge in [0, 0.05) is 38.3 Å². The number of amides is 1. The number of carbonyl (C=O) groups is 1. The standard InChI is InChI=1S/C18H27N3O2/c1-14-5-4-6-15(16(14)22)17(23)21-9-7-18(8-10-21)13-19(2)11-12-20(18)3/h4-6,22H,7-13H2,1-3H3. The third-order valence-corrected chi connectivity index (χ3v) is 5.64. The van der Waals surface area contributed by atoms with Gasteiger partial charge in [0.1, 0.15) is 5.75 Å². The summed E-state index contributed by atoms with van der Waals surface area (Å²) >= 11 is 0. The Labute approximate surface area is 138 Å². The topological polar surface area (TPSA) is 47.0 Å². The Kier molecular flexibility index (Phi) is 4.34. The summed E-state index contributed by atoms with van der Waals surface area (Å²) in [5.74, 6) is 0.0696. The first-order valence-electron chi connectivity index (χ1n) is 8.41. The molecule has 1 N–H and O–H groups in total. The second-order valence-corrected chi connectivity index (χ2v) is 7.15. The minimum absolute atomic E-state index is 0.0483. The third-order valence-electron chi connectivity index (χ3n) is 5.64. The van der Waals surface area contributed by atoms with E-state index in [0.29, 0.717) is 5.56 Å². The highest BCUT2D eigenvalue weighted by Crippen LogP contribution is 2.32. The van der Waals surface area contributed by atoms with Gasteiger partial charge in [-0.15, -0.1) is 0 Å². The summed E-state index contributed by atoms with van der Waals surface area (Å²) in [7, 11) is 4.38. The molecule has 0 bridgehead atoms. The molecule has 1 spiro atoms. The van der Waals surface area contributed by atoms with Gasteiger partial charge in [0.05, 0.1) is 5.56 Å². The molecule has 2 aliphatic rings. The maximum Gasteiger partial charge on any atom is 0.257 e. The van der Waals surface area contributed by atoms with Crippen LogP contribution in [0.4, 0.5) is 0 Å². The Balaban J connectivity index is 1.71. The minimum Gasteiger partial charge on any atom is -0.507 e. The first kappa shape index (κ1) is 16.3. The molecule has 5 nitrogen and oxygen atoms in total. The van der Waals surface area contributed by atoms with Crippen LogP contribution in [0.5, 0.6) is 5.75 Å². The van der Waals surface area contributed by atoms with Gasteiger partial charge in [-0.05, 0) is 45.5 Å². The predicted octanol–water partition coefficient (Wildman–Crippen LogP) is 1.55. The summed E-state index contributed by atoms with van der Waals surface area (Å²) < 4.78 is 0. The molecule has 0 radical (unpaired) electrons. The number of phenols is 1. The fraction of sp³-hybridized carbons (Fsp3) is 0.611. The van der Waals surface area contributed by atoms with Gasteiger partial charge in [0.15, 0.2) is 0 Å². The van der Waals surface area contributed by atoms with Gasteiger partial charge < -0.3 is 14.9 Å². The summed E-state index contributed by atoms with van der Waals surface area (Å²) in [6.07, 6.45) is 1.98. The van der Waals surface area contributed by atoms with E-state index in [-0.39, 0.29) is 17.2 Å². The van der Waals surface area contributed by atoms with E-state index in [4.69, 9.17) is 0 Å². The molecule has 5 heteroatoms. The number of likely N-dealkylation sites (N-methyl/N-ethyl adjacent to an activating group) is 2. The lowest BCUT2D eigenvalue weighted by Gasteiger charge is -2.52. The van der Waals surface area contributed by atoms with E-state index in [9.17, 15) is 9.90 Å². The lowest BCUT2D eigenvalue weighted by molar-refractivity contribution is -0.0157. The highest BCUT2D eigenvalue weighted by atomic mass is 16.3. The van der Waals surface area contributed by atoms with Gasteiger partial charge >= 0.3 is 0 Å². The van der Waals surface area contributed by atoms with Gasteiger partial charge in [0.2, 0.25) is 0 Å². The molecule has 1 aromatic rings. The maximum atomic E-state index is 12.7. The van der Waals surface area contributed by atoms with Crippen LogP contribution in [-0.4, -0.2) is 78.1 Å². The van der Waals surface area contributed by atoms with Crippen LogP contribution in [0.2, 0.25) is 0 Å². The van der Waals surface area contributed by atoms with Crippen molar-refractivity contribution in [1.82, 2.24) is 14.7 Å². The lowest BCUT2D eigenvalue weighted by atomic mass is 9.83. The average Bonchev–Trinajstić information content (AvgIpc) is 2.54. The SMILES string of the molecule is Cc1cccc(C(=O)N2CCC3(CC2)CN(C)CCN3C)c1O. The highest BCUT2D eigenvalue weighted by molar-refractivity contribution is 5.97. The van der Waals surface area contributed by atoms with E-state index in [1.165, 1.54) is 0 Å². The molecule has 2 heterocycles. The Morgan fingerprint density at radius 2 is 1.83 bits per heavy atom. The van der Waals surface area contributed by atoms with Gasteiger partial charge in [-0.2, -0.15) is 0 Å². The molecule has 1 aromatic carbocycles. The number of aromatic hydroxyl groups is 1. The molecule has 2 aliphatic heterocycles. The van der Waals surface area contributed by atoms with E-state index in [1.54, 1.807) is 6.07 Å². The molecule has 0 unspecified atom stereocenters. The fourth-order valence-electron chi connectivity index (χ4n) is 3.93. The molecule has 2 saturated heterocycles. The van der Waals surface area contributed by atoms with Crippen LogP contribution >= 0.6 is 0 Å². The molecule has 0 aromatic heterocycles. The smallest absolute Gasteiger partial charge is 0.257 e. The molecular formula is C18H27N3O2. The summed E-state index contributed by atoms with van der Waals surface area (Å²) in [5.41, 5.74) is 1.37. The molecule has 126 valence electrons. The zero-order valence-electron chi connectivity index (χ0n) is 14.4. The van der Waals surface area contributed by atoms with Crippen LogP contribution in [0.1, 0.15) is 28.8 Å². The van der Waals surface area contributed by atoms with E-state index >= 15 is 0 Å². The molecular weight excluding hydrogens is 290 g/mol. The van der Waals surface area contributed by atoms with Crippen LogP contribution in [0.3, 0.4) is 0 Å². The molecule has 3 rings (SSSR count). The Morgan fingerprint density at radius 1 is 1.13 bits per heavy atom. The van der Waals surface area contributed by atoms with E-state index in [1.807, 2.05) is 24.0 Å². The van der Waals surface area contributed by atoms with Crippen molar-refractivity contribution in [1.29, 1.82) is 0 Å². The summed E-state index contributed by atoms with van der Waals surface area (Å²) in [4.78, 5) is 19.5. The molecule has 0 aliphatic carbocycles. The zero-order valence-corrected chi connectivity index (χ0v) is 14.4. The third kappa shape index (κ3) is 2.95. The molecule has 0 saturated carbocycles. The zero-order chi connectivity index (χ0) is 16.6. The summed E-state index contributed by atoms with van der Waals surface area (Å²) in [5, 5.41) is 10.2. The van der Waals surface area contributed by atoms with E-state index < -0.39 is 0 Å². The highest BCUT2D eigenvalue weighted by Gasteiger charge is 2.42. The lowest BCUT2D eigenvalue weighted by Crippen LogP contribution is -2.64. The number of piperidine rings is 1. The van der Waals surface area contributed by atoms with Crippen LogP contribution in [0.15, 0.2) is 18.2 Å². The summed E-state index contributed by atoms with van der Waals surface area (Å²) in [6.45, 7) is 6.60. The number of piperazine rings is 1. The largest absolute Gasteiger partial charge is 0.507 e. The Hall–Kier alpha value is -1.59. The number of carbonyl (C=O) groups excluding carboxylic acids is 1. The fourth-order valence-corrected chi connectivity index (χ4v) is 3.93. The Morgan fingerprint density at radius 3 is 2.52 bits per heavy atom. The number of nitrogens with zero attached hydrogens (tertiary/aromatic N) is 3. The normalized spacial score (nSPS) is 22.5. The summed E-state index contributed by atoms with van der Waals surface area (Å²) in [6, 6.07) is 5.37. The molecule has 1 amide bonds. The van der Waals surface area contributed by atoms with Crippen LogP contribution in [0, 0.1) is 6.92 Å². The Bertz CT molecular complexity index is 594. The van der Waals surface area contributed by atoms with Gasteiger partial charge in [-0.1, -0.05) is 12.1 Å². The van der Waals surface area contributed by atoms with Crippen LogP contribution in [0.25, 0.3) is 0 Å². The number of hydrogen-bond donors (Lipinski definition) is 1. The average molecular weight is 317 g/mol. The van der Waals surface area contributed by atoms with Crippen LogP contribution < -0.4 is 0 Å². The number of aryl methyl sites for hydroxylation is 1. The number of para-hydroxylation sites is 1. The van der Waals surface area contributed by atoms with Gasteiger partial charge in [0.25, 0.3) is 5.91 Å².